The SMILES string of the molecule is O=[N+]([O-])c1cc([N+](=O)[O-])c(-[n+]2ccccc2)c([N+](=O)[O-])c1. The maximum Gasteiger partial charge on any atom is 0.367 e. The highest BCUT2D eigenvalue weighted by atomic mass is 16.6. The number of benzene rings is 1. The van der Waals surface area contributed by atoms with Crippen molar-refractivity contribution in [3.8, 4) is 5.69 Å². The molecule has 106 valence electrons. The molecular weight excluding hydrogens is 284 g/mol. The lowest BCUT2D eigenvalue weighted by molar-refractivity contribution is -0.606. The van der Waals surface area contributed by atoms with Crippen molar-refractivity contribution in [1.29, 1.82) is 0 Å². The van der Waals surface area contributed by atoms with Crippen LogP contribution in [0.4, 0.5) is 17.1 Å². The molecule has 10 nitrogen and oxygen atoms in total. The largest absolute Gasteiger partial charge is 0.367 e. The van der Waals surface area contributed by atoms with Crippen LogP contribution >= 0.6 is 0 Å². The molecule has 0 saturated carbocycles. The summed E-state index contributed by atoms with van der Waals surface area (Å²) in [5, 5.41) is 32.9. The van der Waals surface area contributed by atoms with Gasteiger partial charge in [0.2, 0.25) is 0 Å². The Hall–Kier alpha value is -3.43. The zero-order chi connectivity index (χ0) is 15.6. The van der Waals surface area contributed by atoms with Gasteiger partial charge in [0.05, 0.1) is 14.8 Å². The molecule has 0 unspecified atom stereocenters. The van der Waals surface area contributed by atoms with Crippen LogP contribution in [0.1, 0.15) is 0 Å². The average Bonchev–Trinajstić information content (AvgIpc) is 2.46. The van der Waals surface area contributed by atoms with Crippen LogP contribution in [0.5, 0.6) is 0 Å². The van der Waals surface area contributed by atoms with Gasteiger partial charge in [-0.2, -0.15) is 4.57 Å². The number of non-ortho nitro benzene ring substituents is 1. The van der Waals surface area contributed by atoms with Crippen LogP contribution in [-0.4, -0.2) is 14.8 Å². The minimum absolute atomic E-state index is 0.337. The second kappa shape index (κ2) is 5.28. The van der Waals surface area contributed by atoms with E-state index in [1.54, 1.807) is 6.07 Å². The zero-order valence-corrected chi connectivity index (χ0v) is 10.3. The van der Waals surface area contributed by atoms with Crippen molar-refractivity contribution in [2.45, 2.75) is 0 Å². The van der Waals surface area contributed by atoms with E-state index >= 15 is 0 Å². The Morgan fingerprint density at radius 3 is 1.62 bits per heavy atom. The standard InChI is InChI=1S/C11H7N4O6/c16-13(17)8-6-9(14(18)19)11(10(7-8)15(20)21)12-4-2-1-3-5-12/h1-7H/q+1. The highest BCUT2D eigenvalue weighted by molar-refractivity contribution is 5.65. The molecular formula is C11H7N4O6+. The lowest BCUT2D eigenvalue weighted by atomic mass is 10.2. The first-order valence-electron chi connectivity index (χ1n) is 5.49. The van der Waals surface area contributed by atoms with E-state index in [9.17, 15) is 30.3 Å². The van der Waals surface area contributed by atoms with E-state index < -0.39 is 31.8 Å². The van der Waals surface area contributed by atoms with E-state index in [0.717, 1.165) is 0 Å². The Morgan fingerprint density at radius 1 is 0.762 bits per heavy atom. The normalized spacial score (nSPS) is 10.1. The summed E-state index contributed by atoms with van der Waals surface area (Å²) in [7, 11) is 0. The molecule has 0 fully saturated rings. The fourth-order valence-corrected chi connectivity index (χ4v) is 1.79. The van der Waals surface area contributed by atoms with Crippen LogP contribution in [0.25, 0.3) is 5.69 Å². The van der Waals surface area contributed by atoms with Gasteiger partial charge < -0.3 is 0 Å². The molecule has 2 aromatic rings. The smallest absolute Gasteiger partial charge is 0.258 e. The molecule has 1 aromatic heterocycles. The molecule has 0 spiro atoms. The highest BCUT2D eigenvalue weighted by Gasteiger charge is 2.37. The van der Waals surface area contributed by atoms with Crippen LogP contribution in [0.3, 0.4) is 0 Å². The van der Waals surface area contributed by atoms with E-state index in [2.05, 4.69) is 0 Å². The van der Waals surface area contributed by atoms with Gasteiger partial charge in [0, 0.05) is 12.1 Å². The second-order valence-corrected chi connectivity index (χ2v) is 3.89. The minimum atomic E-state index is -0.917. The number of pyridine rings is 1. The monoisotopic (exact) mass is 291 g/mol. The van der Waals surface area contributed by atoms with Crippen LogP contribution in [0, 0.1) is 30.3 Å². The molecule has 0 aliphatic rings. The first-order valence-corrected chi connectivity index (χ1v) is 5.49. The van der Waals surface area contributed by atoms with E-state index in [1.807, 2.05) is 0 Å². The maximum absolute atomic E-state index is 11.1. The van der Waals surface area contributed by atoms with Gasteiger partial charge in [-0.15, -0.1) is 0 Å². The summed E-state index contributed by atoms with van der Waals surface area (Å²) in [5.41, 5.74) is -2.48. The van der Waals surface area contributed by atoms with Gasteiger partial charge in [0.15, 0.2) is 12.4 Å². The fraction of sp³-hybridized carbons (Fsp3) is 0. The third kappa shape index (κ3) is 2.63. The maximum atomic E-state index is 11.1. The summed E-state index contributed by atoms with van der Waals surface area (Å²) in [6.45, 7) is 0. The molecule has 0 atom stereocenters. The molecule has 2 rings (SSSR count). The molecule has 0 aliphatic carbocycles. The zero-order valence-electron chi connectivity index (χ0n) is 10.3. The van der Waals surface area contributed by atoms with Crippen molar-refractivity contribution in [2.75, 3.05) is 0 Å². The van der Waals surface area contributed by atoms with Gasteiger partial charge in [-0.05, 0) is 0 Å². The van der Waals surface area contributed by atoms with E-state index in [4.69, 9.17) is 0 Å². The van der Waals surface area contributed by atoms with E-state index in [0.29, 0.717) is 12.1 Å². The molecule has 0 N–H and O–H groups in total. The molecule has 1 aromatic carbocycles. The Bertz CT molecular complexity index is 711. The molecule has 0 saturated heterocycles. The predicted octanol–water partition coefficient (Wildman–Crippen LogP) is 1.69. The van der Waals surface area contributed by atoms with E-state index in [-0.39, 0.29) is 5.69 Å². The van der Waals surface area contributed by atoms with Crippen LogP contribution in [-0.2, 0) is 0 Å². The quantitative estimate of drug-likeness (QED) is 0.478. The molecule has 0 bridgehead atoms. The summed E-state index contributed by atoms with van der Waals surface area (Å²) in [6, 6.07) is 6.06. The van der Waals surface area contributed by atoms with Gasteiger partial charge in [0.25, 0.3) is 5.69 Å². The van der Waals surface area contributed by atoms with E-state index in [1.165, 1.54) is 29.1 Å². The van der Waals surface area contributed by atoms with Gasteiger partial charge in [0.1, 0.15) is 12.1 Å². The number of rotatable bonds is 4. The second-order valence-electron chi connectivity index (χ2n) is 3.89. The van der Waals surface area contributed by atoms with Crippen molar-refractivity contribution >= 4 is 17.1 Å². The molecule has 0 amide bonds. The van der Waals surface area contributed by atoms with Crippen molar-refractivity contribution in [1.82, 2.24) is 0 Å². The van der Waals surface area contributed by atoms with Gasteiger partial charge in [-0.25, -0.2) is 0 Å². The Balaban J connectivity index is 2.86. The minimum Gasteiger partial charge on any atom is -0.258 e. The summed E-state index contributed by atoms with van der Waals surface area (Å²) in [6.07, 6.45) is 2.75. The topological polar surface area (TPSA) is 133 Å². The number of nitro groups is 3. The van der Waals surface area contributed by atoms with Gasteiger partial charge >= 0.3 is 17.1 Å². The third-order valence-corrected chi connectivity index (χ3v) is 2.63. The molecule has 0 radical (unpaired) electrons. The Morgan fingerprint density at radius 2 is 1.24 bits per heavy atom. The number of nitrogens with zero attached hydrogens (tertiary/aromatic N) is 4. The lowest BCUT2D eigenvalue weighted by Gasteiger charge is -1.99. The lowest BCUT2D eigenvalue weighted by Crippen LogP contribution is -2.31. The molecule has 10 heteroatoms. The fourth-order valence-electron chi connectivity index (χ4n) is 1.79. The van der Waals surface area contributed by atoms with Crippen molar-refractivity contribution < 1.29 is 19.3 Å². The van der Waals surface area contributed by atoms with Gasteiger partial charge in [-0.3, -0.25) is 30.3 Å². The van der Waals surface area contributed by atoms with Gasteiger partial charge in [-0.1, -0.05) is 6.07 Å². The summed E-state index contributed by atoms with van der Waals surface area (Å²) >= 11 is 0. The van der Waals surface area contributed by atoms with Crippen molar-refractivity contribution in [3.63, 3.8) is 0 Å². The molecule has 0 aliphatic heterocycles. The van der Waals surface area contributed by atoms with Crippen LogP contribution in [0.15, 0.2) is 42.7 Å². The molecule has 1 heterocycles. The predicted molar refractivity (Wildman–Crippen MR) is 67.9 cm³/mol. The number of nitro benzene ring substituents is 3. The number of hydrogen-bond acceptors (Lipinski definition) is 6. The number of hydrogen-bond donors (Lipinski definition) is 0. The Labute approximate surface area is 116 Å². The Kier molecular flexibility index (Phi) is 3.52. The summed E-state index contributed by atoms with van der Waals surface area (Å²) in [5.74, 6) is 0. The van der Waals surface area contributed by atoms with Crippen LogP contribution < -0.4 is 4.57 Å². The first kappa shape index (κ1) is 14.0. The summed E-state index contributed by atoms with van der Waals surface area (Å²) < 4.78 is 1.17. The van der Waals surface area contributed by atoms with Crippen LogP contribution in [0.2, 0.25) is 0 Å². The van der Waals surface area contributed by atoms with Crippen molar-refractivity contribution in [2.24, 2.45) is 0 Å². The highest BCUT2D eigenvalue weighted by Crippen LogP contribution is 2.33. The molecule has 21 heavy (non-hydrogen) atoms. The number of aromatic nitrogens is 1. The third-order valence-electron chi connectivity index (χ3n) is 2.63. The van der Waals surface area contributed by atoms with Crippen molar-refractivity contribution in [3.05, 3.63) is 73.1 Å². The first-order chi connectivity index (χ1) is 9.91. The average molecular weight is 291 g/mol. The summed E-state index contributed by atoms with van der Waals surface area (Å²) in [4.78, 5) is 30.2.